The number of aromatic nitrogens is 2. The van der Waals surface area contributed by atoms with Crippen molar-refractivity contribution in [3.05, 3.63) is 60.0 Å². The minimum Gasteiger partial charge on any atom is -0.417 e. The van der Waals surface area contributed by atoms with E-state index in [4.69, 9.17) is 4.42 Å². The molecule has 1 fully saturated rings. The first-order valence-corrected chi connectivity index (χ1v) is 9.45. The summed E-state index contributed by atoms with van der Waals surface area (Å²) in [5.41, 5.74) is -0.0716. The molecule has 4 rings (SSSR count). The molecule has 2 N–H and O–H groups in total. The molecule has 0 bridgehead atoms. The van der Waals surface area contributed by atoms with Crippen LogP contribution in [0.4, 0.5) is 24.5 Å². The smallest absolute Gasteiger partial charge is 0.416 e. The fourth-order valence-electron chi connectivity index (χ4n) is 2.92. The van der Waals surface area contributed by atoms with E-state index < -0.39 is 17.3 Å². The van der Waals surface area contributed by atoms with E-state index in [2.05, 4.69) is 15.5 Å². The van der Waals surface area contributed by atoms with Crippen LogP contribution in [0.15, 0.2) is 52.9 Å². The van der Waals surface area contributed by atoms with Crippen molar-refractivity contribution in [2.45, 2.75) is 44.9 Å². The Labute approximate surface area is 166 Å². The summed E-state index contributed by atoms with van der Waals surface area (Å²) < 4.78 is 43.7. The third kappa shape index (κ3) is 4.42. The Morgan fingerprint density at radius 2 is 1.66 bits per heavy atom. The van der Waals surface area contributed by atoms with E-state index in [1.54, 1.807) is 24.3 Å². The van der Waals surface area contributed by atoms with E-state index in [0.717, 1.165) is 18.6 Å². The average molecular weight is 405 g/mol. The lowest BCUT2D eigenvalue weighted by atomic mass is 9.80. The van der Waals surface area contributed by atoms with Gasteiger partial charge in [0.1, 0.15) is 5.60 Å². The third-order valence-corrected chi connectivity index (χ3v) is 4.65. The lowest BCUT2D eigenvalue weighted by Crippen LogP contribution is -2.33. The summed E-state index contributed by atoms with van der Waals surface area (Å²) in [5, 5.41) is 21.4. The zero-order valence-electron chi connectivity index (χ0n) is 16.1. The van der Waals surface area contributed by atoms with Crippen LogP contribution < -0.4 is 5.32 Å². The van der Waals surface area contributed by atoms with Gasteiger partial charge in [-0.2, -0.15) is 13.2 Å². The van der Waals surface area contributed by atoms with Crippen LogP contribution in [-0.2, 0) is 11.8 Å². The zero-order valence-corrected chi connectivity index (χ0v) is 16.1. The number of hydrogen-bond donors (Lipinski definition) is 2. The summed E-state index contributed by atoms with van der Waals surface area (Å²) in [4.78, 5) is 0. The van der Waals surface area contributed by atoms with Gasteiger partial charge < -0.3 is 14.8 Å². The molecule has 0 radical (unpaired) electrons. The fourth-order valence-corrected chi connectivity index (χ4v) is 2.92. The molecule has 1 aromatic heterocycles. The largest absolute Gasteiger partial charge is 0.417 e. The van der Waals surface area contributed by atoms with Crippen molar-refractivity contribution in [3.8, 4) is 11.5 Å². The van der Waals surface area contributed by atoms with Gasteiger partial charge in [0.2, 0.25) is 11.8 Å². The van der Waals surface area contributed by atoms with E-state index in [-0.39, 0.29) is 11.8 Å². The standard InChI is InChI=1S/C19H16F3N3O2.C2H6/c20-19(21,22)12-6-8-13(9-7-12)23-15-5-2-1-4-14(15)16-24-25-17(27-16)18(26)10-3-11-18;1-2/h1-2,4-9,23,26H,3,10-11H2;1-2H3. The lowest BCUT2D eigenvalue weighted by Gasteiger charge is -2.32. The predicted molar refractivity (Wildman–Crippen MR) is 104 cm³/mol. The van der Waals surface area contributed by atoms with Crippen LogP contribution in [0.25, 0.3) is 11.5 Å². The highest BCUT2D eigenvalue weighted by molar-refractivity contribution is 5.76. The zero-order chi connectivity index (χ0) is 21.1. The van der Waals surface area contributed by atoms with Gasteiger partial charge in [0.05, 0.1) is 16.8 Å². The Bertz CT molecular complexity index is 948. The van der Waals surface area contributed by atoms with Gasteiger partial charge in [-0.05, 0) is 55.7 Å². The van der Waals surface area contributed by atoms with E-state index in [1.807, 2.05) is 13.8 Å². The maximum absolute atomic E-state index is 12.7. The first-order valence-electron chi connectivity index (χ1n) is 9.45. The first-order chi connectivity index (χ1) is 13.9. The molecule has 0 aliphatic heterocycles. The first kappa shape index (κ1) is 20.9. The monoisotopic (exact) mass is 405 g/mol. The van der Waals surface area contributed by atoms with Gasteiger partial charge in [0.15, 0.2) is 0 Å². The number of nitrogens with one attached hydrogen (secondary N) is 1. The molecule has 0 atom stereocenters. The second-order valence-corrected chi connectivity index (χ2v) is 6.54. The minimum absolute atomic E-state index is 0.188. The maximum Gasteiger partial charge on any atom is 0.416 e. The Morgan fingerprint density at radius 3 is 2.24 bits per heavy atom. The summed E-state index contributed by atoms with van der Waals surface area (Å²) in [5.74, 6) is 0.424. The Morgan fingerprint density at radius 1 is 1.00 bits per heavy atom. The molecule has 0 unspecified atom stereocenters. The molecular weight excluding hydrogens is 383 g/mol. The summed E-state index contributed by atoms with van der Waals surface area (Å²) in [6.45, 7) is 4.00. The average Bonchev–Trinajstić information content (AvgIpc) is 3.18. The number of halogens is 3. The number of anilines is 2. The van der Waals surface area contributed by atoms with Crippen molar-refractivity contribution in [2.24, 2.45) is 0 Å². The number of rotatable bonds is 4. The molecule has 1 heterocycles. The van der Waals surface area contributed by atoms with Crippen molar-refractivity contribution >= 4 is 11.4 Å². The molecule has 1 saturated carbocycles. The molecule has 0 amide bonds. The lowest BCUT2D eigenvalue weighted by molar-refractivity contribution is -0.137. The van der Waals surface area contributed by atoms with Gasteiger partial charge in [-0.15, -0.1) is 10.2 Å². The molecule has 5 nitrogen and oxygen atoms in total. The van der Waals surface area contributed by atoms with Crippen molar-refractivity contribution < 1.29 is 22.7 Å². The summed E-state index contributed by atoms with van der Waals surface area (Å²) in [6, 6.07) is 11.8. The molecule has 0 saturated heterocycles. The fraction of sp³-hybridized carbons (Fsp3) is 0.333. The summed E-state index contributed by atoms with van der Waals surface area (Å²) >= 11 is 0. The number of alkyl halides is 3. The van der Waals surface area contributed by atoms with Gasteiger partial charge in [-0.3, -0.25) is 0 Å². The number of hydrogen-bond acceptors (Lipinski definition) is 5. The molecule has 8 heteroatoms. The molecule has 3 aromatic rings. The van der Waals surface area contributed by atoms with E-state index in [9.17, 15) is 18.3 Å². The summed E-state index contributed by atoms with van der Waals surface area (Å²) in [6.07, 6.45) is -2.31. The number of nitrogens with zero attached hydrogens (tertiary/aromatic N) is 2. The van der Waals surface area contributed by atoms with Gasteiger partial charge >= 0.3 is 6.18 Å². The third-order valence-electron chi connectivity index (χ3n) is 4.65. The molecule has 29 heavy (non-hydrogen) atoms. The second-order valence-electron chi connectivity index (χ2n) is 6.54. The number of benzene rings is 2. The molecule has 154 valence electrons. The minimum atomic E-state index is -4.38. The topological polar surface area (TPSA) is 71.2 Å². The van der Waals surface area contributed by atoms with Crippen LogP contribution in [0.2, 0.25) is 0 Å². The Kier molecular flexibility index (Phi) is 5.93. The molecule has 0 spiro atoms. The quantitative estimate of drug-likeness (QED) is 0.566. The Balaban J connectivity index is 0.00000117. The highest BCUT2D eigenvalue weighted by Gasteiger charge is 2.41. The van der Waals surface area contributed by atoms with Crippen LogP contribution in [0.1, 0.15) is 44.6 Å². The summed E-state index contributed by atoms with van der Waals surface area (Å²) in [7, 11) is 0. The van der Waals surface area contributed by atoms with Crippen LogP contribution in [0.3, 0.4) is 0 Å². The molecular formula is C21H22F3N3O2. The maximum atomic E-state index is 12.7. The van der Waals surface area contributed by atoms with Crippen molar-refractivity contribution in [3.63, 3.8) is 0 Å². The van der Waals surface area contributed by atoms with Crippen molar-refractivity contribution in [2.75, 3.05) is 5.32 Å². The van der Waals surface area contributed by atoms with Crippen LogP contribution in [0.5, 0.6) is 0 Å². The van der Waals surface area contributed by atoms with Gasteiger partial charge in [-0.1, -0.05) is 26.0 Å². The van der Waals surface area contributed by atoms with Gasteiger partial charge in [0, 0.05) is 5.69 Å². The molecule has 2 aromatic carbocycles. The van der Waals surface area contributed by atoms with Crippen LogP contribution >= 0.6 is 0 Å². The highest BCUT2D eigenvalue weighted by atomic mass is 19.4. The van der Waals surface area contributed by atoms with E-state index in [1.165, 1.54) is 12.1 Å². The van der Waals surface area contributed by atoms with E-state index in [0.29, 0.717) is 29.8 Å². The normalized spacial score (nSPS) is 15.1. The van der Waals surface area contributed by atoms with E-state index >= 15 is 0 Å². The van der Waals surface area contributed by atoms with Gasteiger partial charge in [-0.25, -0.2) is 0 Å². The van der Waals surface area contributed by atoms with Crippen LogP contribution in [0, 0.1) is 0 Å². The number of aliphatic hydroxyl groups is 1. The van der Waals surface area contributed by atoms with Crippen molar-refractivity contribution in [1.29, 1.82) is 0 Å². The predicted octanol–water partition coefficient (Wildman–Crippen LogP) is 5.90. The van der Waals surface area contributed by atoms with Gasteiger partial charge in [0.25, 0.3) is 0 Å². The Hall–Kier alpha value is -2.87. The van der Waals surface area contributed by atoms with Crippen molar-refractivity contribution in [1.82, 2.24) is 10.2 Å². The molecule has 1 aliphatic carbocycles. The highest BCUT2D eigenvalue weighted by Crippen LogP contribution is 2.41. The molecule has 1 aliphatic rings. The SMILES string of the molecule is CC.OC1(c2nnc(-c3ccccc3Nc3ccc(C(F)(F)F)cc3)o2)CCC1. The number of para-hydroxylation sites is 1. The second kappa shape index (κ2) is 8.24. The van der Waals surface area contributed by atoms with Crippen LogP contribution in [-0.4, -0.2) is 15.3 Å².